The third kappa shape index (κ3) is 3.04. The molecule has 1 atom stereocenters. The van der Waals surface area contributed by atoms with Gasteiger partial charge in [0.05, 0.1) is 0 Å². The minimum Gasteiger partial charge on any atom is -0.342 e. The Hall–Kier alpha value is -2.83. The summed E-state index contributed by atoms with van der Waals surface area (Å²) in [7, 11) is 1.70. The molecule has 0 bridgehead atoms. The van der Waals surface area contributed by atoms with Gasteiger partial charge in [-0.05, 0) is 24.3 Å². The van der Waals surface area contributed by atoms with Crippen LogP contribution in [-0.4, -0.2) is 31.8 Å². The van der Waals surface area contributed by atoms with Crippen LogP contribution in [0.15, 0.2) is 39.9 Å². The highest BCUT2D eigenvalue weighted by molar-refractivity contribution is 5.75. The van der Waals surface area contributed by atoms with Crippen LogP contribution in [0.3, 0.4) is 0 Å². The third-order valence-corrected chi connectivity index (χ3v) is 5.48. The van der Waals surface area contributed by atoms with Crippen LogP contribution in [-0.2, 0) is 26.6 Å². The second-order valence-electron chi connectivity index (χ2n) is 7.78. The van der Waals surface area contributed by atoms with E-state index in [0.29, 0.717) is 23.6 Å². The minimum atomic E-state index is -0.293. The molecular formula is C21H27N5O2. The molecule has 0 saturated carbocycles. The lowest BCUT2D eigenvalue weighted by Crippen LogP contribution is -2.41. The van der Waals surface area contributed by atoms with E-state index in [1.807, 2.05) is 17.6 Å². The Kier molecular flexibility index (Phi) is 4.83. The number of rotatable bonds is 5. The Balaban J connectivity index is 1.80. The highest BCUT2D eigenvalue weighted by atomic mass is 16.2. The Morgan fingerprint density at radius 3 is 2.57 bits per heavy atom. The van der Waals surface area contributed by atoms with Crippen molar-refractivity contribution >= 4 is 17.1 Å². The van der Waals surface area contributed by atoms with Gasteiger partial charge in [-0.25, -0.2) is 4.79 Å². The second kappa shape index (κ2) is 7.30. The first-order valence-electron chi connectivity index (χ1n) is 10.00. The van der Waals surface area contributed by atoms with Gasteiger partial charge in [-0.2, -0.15) is 4.98 Å². The standard InChI is InChI=1S/C21H27N5O2/c1-4-11-25-19(27)17-18(23(3)21(25)28)22-20-24(13-15(2)14-26(17)20)12-10-16-8-6-5-7-9-16/h5-9,15H,4,10-14H2,1-3H3/t15-/m1/s1. The van der Waals surface area contributed by atoms with Crippen molar-refractivity contribution in [3.05, 3.63) is 56.7 Å². The van der Waals surface area contributed by atoms with E-state index < -0.39 is 0 Å². The molecule has 0 fully saturated rings. The van der Waals surface area contributed by atoms with Crippen LogP contribution in [0, 0.1) is 5.92 Å². The van der Waals surface area contributed by atoms with E-state index in [0.717, 1.165) is 38.4 Å². The highest BCUT2D eigenvalue weighted by Gasteiger charge is 2.28. The molecule has 0 unspecified atom stereocenters. The predicted molar refractivity (Wildman–Crippen MR) is 111 cm³/mol. The molecule has 0 aliphatic carbocycles. The summed E-state index contributed by atoms with van der Waals surface area (Å²) >= 11 is 0. The number of hydrogen-bond donors (Lipinski definition) is 0. The van der Waals surface area contributed by atoms with E-state index in [1.165, 1.54) is 14.7 Å². The zero-order valence-electron chi connectivity index (χ0n) is 16.8. The van der Waals surface area contributed by atoms with Crippen molar-refractivity contribution in [3.63, 3.8) is 0 Å². The lowest BCUT2D eigenvalue weighted by molar-refractivity contribution is 0.436. The minimum absolute atomic E-state index is 0.226. The van der Waals surface area contributed by atoms with E-state index in [2.05, 4.69) is 36.1 Å². The van der Waals surface area contributed by atoms with Gasteiger partial charge in [0.15, 0.2) is 11.2 Å². The molecular weight excluding hydrogens is 354 g/mol. The lowest BCUT2D eigenvalue weighted by Gasteiger charge is -2.33. The molecule has 0 radical (unpaired) electrons. The van der Waals surface area contributed by atoms with Crippen LogP contribution in [0.2, 0.25) is 0 Å². The van der Waals surface area contributed by atoms with Crippen LogP contribution >= 0.6 is 0 Å². The van der Waals surface area contributed by atoms with Crippen LogP contribution in [0.5, 0.6) is 0 Å². The van der Waals surface area contributed by atoms with Crippen molar-refractivity contribution in [2.24, 2.45) is 13.0 Å². The van der Waals surface area contributed by atoms with Crippen molar-refractivity contribution in [2.45, 2.75) is 39.8 Å². The van der Waals surface area contributed by atoms with Gasteiger partial charge in [0.2, 0.25) is 5.95 Å². The molecule has 7 heteroatoms. The number of fused-ring (bicyclic) bond motifs is 3. The van der Waals surface area contributed by atoms with Crippen LogP contribution in [0.25, 0.3) is 11.2 Å². The summed E-state index contributed by atoms with van der Waals surface area (Å²) < 4.78 is 4.87. The largest absolute Gasteiger partial charge is 0.342 e. The van der Waals surface area contributed by atoms with Gasteiger partial charge in [0.25, 0.3) is 5.56 Å². The molecule has 0 amide bonds. The average Bonchev–Trinajstić information content (AvgIpc) is 3.08. The summed E-state index contributed by atoms with van der Waals surface area (Å²) in [6.07, 6.45) is 1.65. The molecule has 7 nitrogen and oxygen atoms in total. The Labute approximate surface area is 163 Å². The van der Waals surface area contributed by atoms with Gasteiger partial charge in [-0.1, -0.05) is 44.2 Å². The summed E-state index contributed by atoms with van der Waals surface area (Å²) in [6.45, 7) is 7.05. The number of nitrogens with zero attached hydrogens (tertiary/aromatic N) is 5. The molecule has 0 N–H and O–H groups in total. The van der Waals surface area contributed by atoms with Gasteiger partial charge in [-0.3, -0.25) is 13.9 Å². The predicted octanol–water partition coefficient (Wildman–Crippen LogP) is 2.01. The number of benzene rings is 1. The summed E-state index contributed by atoms with van der Waals surface area (Å²) in [4.78, 5) is 32.7. The maximum atomic E-state index is 13.1. The molecule has 2 aromatic heterocycles. The molecule has 4 rings (SSSR count). The molecule has 1 aromatic carbocycles. The smallest absolute Gasteiger partial charge is 0.332 e. The molecule has 0 spiro atoms. The molecule has 1 aliphatic rings. The zero-order valence-corrected chi connectivity index (χ0v) is 16.8. The van der Waals surface area contributed by atoms with Gasteiger partial charge < -0.3 is 9.47 Å². The van der Waals surface area contributed by atoms with E-state index in [-0.39, 0.29) is 11.2 Å². The number of anilines is 1. The normalized spacial score (nSPS) is 16.5. The summed E-state index contributed by atoms with van der Waals surface area (Å²) in [6, 6.07) is 10.4. The fraction of sp³-hybridized carbons (Fsp3) is 0.476. The number of hydrogen-bond acceptors (Lipinski definition) is 4. The first-order chi connectivity index (χ1) is 13.5. The monoisotopic (exact) mass is 381 g/mol. The van der Waals surface area contributed by atoms with Crippen molar-refractivity contribution in [2.75, 3.05) is 18.0 Å². The fourth-order valence-electron chi connectivity index (χ4n) is 4.12. The average molecular weight is 381 g/mol. The number of aryl methyl sites for hydroxylation is 1. The first kappa shape index (κ1) is 18.5. The van der Waals surface area contributed by atoms with Crippen molar-refractivity contribution in [1.29, 1.82) is 0 Å². The second-order valence-corrected chi connectivity index (χ2v) is 7.78. The van der Waals surface area contributed by atoms with E-state index in [4.69, 9.17) is 4.98 Å². The van der Waals surface area contributed by atoms with Crippen molar-refractivity contribution < 1.29 is 0 Å². The van der Waals surface area contributed by atoms with Crippen LogP contribution in [0.4, 0.5) is 5.95 Å². The van der Waals surface area contributed by atoms with E-state index in [1.54, 1.807) is 7.05 Å². The first-order valence-corrected chi connectivity index (χ1v) is 10.00. The lowest BCUT2D eigenvalue weighted by atomic mass is 10.1. The van der Waals surface area contributed by atoms with Gasteiger partial charge >= 0.3 is 5.69 Å². The Bertz CT molecular complexity index is 1110. The SMILES string of the molecule is CCCn1c(=O)c2c(nc3n2C[C@H](C)CN3CCc2ccccc2)n(C)c1=O. The third-order valence-electron chi connectivity index (χ3n) is 5.48. The number of aromatic nitrogens is 4. The van der Waals surface area contributed by atoms with E-state index in [9.17, 15) is 9.59 Å². The Morgan fingerprint density at radius 1 is 1.11 bits per heavy atom. The highest BCUT2D eigenvalue weighted by Crippen LogP contribution is 2.26. The quantitative estimate of drug-likeness (QED) is 0.678. The van der Waals surface area contributed by atoms with Crippen molar-refractivity contribution in [3.8, 4) is 0 Å². The van der Waals surface area contributed by atoms with Crippen molar-refractivity contribution in [1.82, 2.24) is 18.7 Å². The summed E-state index contributed by atoms with van der Waals surface area (Å²) in [5, 5.41) is 0. The molecule has 148 valence electrons. The zero-order chi connectivity index (χ0) is 19.8. The summed E-state index contributed by atoms with van der Waals surface area (Å²) in [5.41, 5.74) is 1.79. The maximum Gasteiger partial charge on any atom is 0.332 e. The fourth-order valence-corrected chi connectivity index (χ4v) is 4.12. The topological polar surface area (TPSA) is 65.1 Å². The molecule has 1 aliphatic heterocycles. The summed E-state index contributed by atoms with van der Waals surface area (Å²) in [5.74, 6) is 1.20. The molecule has 3 aromatic rings. The van der Waals surface area contributed by atoms with Gasteiger partial charge in [0, 0.05) is 33.2 Å². The van der Waals surface area contributed by atoms with E-state index >= 15 is 0 Å². The molecule has 28 heavy (non-hydrogen) atoms. The van der Waals surface area contributed by atoms with Crippen LogP contribution < -0.4 is 16.1 Å². The van der Waals surface area contributed by atoms with Crippen LogP contribution in [0.1, 0.15) is 25.8 Å². The Morgan fingerprint density at radius 2 is 1.86 bits per heavy atom. The van der Waals surface area contributed by atoms with Gasteiger partial charge in [-0.15, -0.1) is 0 Å². The van der Waals surface area contributed by atoms with Gasteiger partial charge in [0.1, 0.15) is 0 Å². The number of imidazole rings is 1. The maximum absolute atomic E-state index is 13.1. The molecule has 0 saturated heterocycles. The molecule has 3 heterocycles.